The molecule has 0 unspecified atom stereocenters. The van der Waals surface area contributed by atoms with Gasteiger partial charge in [-0.15, -0.1) is 0 Å². The number of rotatable bonds is 3. The number of benzene rings is 1. The van der Waals surface area contributed by atoms with E-state index in [2.05, 4.69) is 0 Å². The lowest BCUT2D eigenvalue weighted by atomic mass is 9.85. The van der Waals surface area contributed by atoms with E-state index in [0.29, 0.717) is 0 Å². The van der Waals surface area contributed by atoms with Gasteiger partial charge in [-0.05, 0) is 12.0 Å². The van der Waals surface area contributed by atoms with E-state index in [4.69, 9.17) is 7.10 Å². The number of hydrogen-bond donors (Lipinski definition) is 1. The third-order valence-electron chi connectivity index (χ3n) is 2.21. The molecule has 0 aliphatic carbocycles. The largest absolute Gasteiger partial charge is 0.321 e. The number of carbonyl (C=O) groups excluding carboxylic acids is 1. The maximum atomic E-state index is 12.0. The molecule has 1 aromatic carbocycles. The quantitative estimate of drug-likeness (QED) is 0.823. The SMILES string of the molecule is [2H][C@](N)(Cc1ccccc1)C(=O)C(C)(C)C. The Bertz CT molecular complexity index is 365. The van der Waals surface area contributed by atoms with Crippen molar-refractivity contribution in [3.63, 3.8) is 0 Å². The first-order valence-electron chi connectivity index (χ1n) is 5.61. The van der Waals surface area contributed by atoms with Crippen molar-refractivity contribution in [2.45, 2.75) is 33.2 Å². The molecule has 2 nitrogen and oxygen atoms in total. The predicted molar refractivity (Wildman–Crippen MR) is 62.6 cm³/mol. The molecular weight excluding hydrogens is 186 g/mol. The molecule has 1 atom stereocenters. The standard InChI is InChI=1S/C13H19NO/c1-13(2,3)12(15)11(14)9-10-7-5-4-6-8-10/h4-8,11H,9,14H2,1-3H3/t11-/m0/s1/i11D. The van der Waals surface area contributed by atoms with Gasteiger partial charge in [0, 0.05) is 5.41 Å². The van der Waals surface area contributed by atoms with Gasteiger partial charge in [0.1, 0.15) is 0 Å². The Labute approximate surface area is 92.9 Å². The van der Waals surface area contributed by atoms with Gasteiger partial charge in [-0.25, -0.2) is 0 Å². The Morgan fingerprint density at radius 1 is 1.40 bits per heavy atom. The first-order valence-corrected chi connectivity index (χ1v) is 5.11. The average Bonchev–Trinajstić information content (AvgIpc) is 2.16. The van der Waals surface area contributed by atoms with Crippen LogP contribution in [0.1, 0.15) is 27.7 Å². The van der Waals surface area contributed by atoms with Crippen molar-refractivity contribution < 1.29 is 6.17 Å². The van der Waals surface area contributed by atoms with Gasteiger partial charge >= 0.3 is 0 Å². The summed E-state index contributed by atoms with van der Waals surface area (Å²) in [5, 5.41) is 0. The summed E-state index contributed by atoms with van der Waals surface area (Å²) in [5.41, 5.74) is 6.13. The van der Waals surface area contributed by atoms with Crippen molar-refractivity contribution in [1.82, 2.24) is 0 Å². The van der Waals surface area contributed by atoms with Gasteiger partial charge in [0.2, 0.25) is 0 Å². The Morgan fingerprint density at radius 2 is 1.93 bits per heavy atom. The minimum absolute atomic E-state index is 0.233. The fourth-order valence-corrected chi connectivity index (χ4v) is 1.38. The van der Waals surface area contributed by atoms with Crippen molar-refractivity contribution in [3.8, 4) is 0 Å². The molecule has 15 heavy (non-hydrogen) atoms. The van der Waals surface area contributed by atoms with Crippen LogP contribution in [-0.4, -0.2) is 11.8 Å². The fraction of sp³-hybridized carbons (Fsp3) is 0.462. The van der Waals surface area contributed by atoms with Crippen molar-refractivity contribution in [3.05, 3.63) is 35.9 Å². The number of ketones is 1. The minimum atomic E-state index is -1.54. The van der Waals surface area contributed by atoms with Crippen molar-refractivity contribution in [1.29, 1.82) is 0 Å². The molecule has 0 fully saturated rings. The molecule has 0 saturated carbocycles. The average molecular weight is 206 g/mol. The second-order valence-corrected chi connectivity index (χ2v) is 4.77. The smallest absolute Gasteiger partial charge is 0.155 e. The van der Waals surface area contributed by atoms with E-state index in [-0.39, 0.29) is 12.2 Å². The lowest BCUT2D eigenvalue weighted by Gasteiger charge is -2.21. The van der Waals surface area contributed by atoms with Gasteiger partial charge in [0.25, 0.3) is 0 Å². The summed E-state index contributed by atoms with van der Waals surface area (Å²) in [4.78, 5) is 12.0. The summed E-state index contributed by atoms with van der Waals surface area (Å²) in [7, 11) is 0. The van der Waals surface area contributed by atoms with Crippen LogP contribution >= 0.6 is 0 Å². The van der Waals surface area contributed by atoms with Gasteiger partial charge in [-0.2, -0.15) is 0 Å². The lowest BCUT2D eigenvalue weighted by Crippen LogP contribution is -2.40. The lowest BCUT2D eigenvalue weighted by molar-refractivity contribution is -0.127. The van der Waals surface area contributed by atoms with Crippen LogP contribution in [0.3, 0.4) is 0 Å². The molecular formula is C13H19NO. The van der Waals surface area contributed by atoms with E-state index < -0.39 is 11.4 Å². The van der Waals surface area contributed by atoms with Crippen LogP contribution in [0.25, 0.3) is 0 Å². The maximum Gasteiger partial charge on any atom is 0.155 e. The highest BCUT2D eigenvalue weighted by Gasteiger charge is 2.26. The van der Waals surface area contributed by atoms with Crippen LogP contribution < -0.4 is 5.73 Å². The van der Waals surface area contributed by atoms with Crippen molar-refractivity contribution in [2.24, 2.45) is 11.1 Å². The first kappa shape index (κ1) is 10.4. The number of nitrogens with two attached hydrogens (primary N) is 1. The fourth-order valence-electron chi connectivity index (χ4n) is 1.38. The van der Waals surface area contributed by atoms with E-state index in [9.17, 15) is 4.79 Å². The molecule has 0 aliphatic rings. The van der Waals surface area contributed by atoms with Gasteiger partial charge in [0.05, 0.1) is 7.39 Å². The van der Waals surface area contributed by atoms with Gasteiger partial charge in [-0.3, -0.25) is 4.79 Å². The highest BCUT2D eigenvalue weighted by Crippen LogP contribution is 2.17. The van der Waals surface area contributed by atoms with Crippen LogP contribution in [0.5, 0.6) is 0 Å². The summed E-state index contributed by atoms with van der Waals surface area (Å²) in [5.74, 6) is -0.233. The Morgan fingerprint density at radius 3 is 2.40 bits per heavy atom. The molecule has 2 N–H and O–H groups in total. The monoisotopic (exact) mass is 206 g/mol. The molecule has 0 saturated heterocycles. The molecule has 0 aliphatic heterocycles. The zero-order chi connectivity index (χ0) is 12.4. The van der Waals surface area contributed by atoms with Crippen LogP contribution in [0.4, 0.5) is 0 Å². The second-order valence-electron chi connectivity index (χ2n) is 4.77. The Kier molecular flexibility index (Phi) is 3.17. The molecule has 0 aromatic heterocycles. The van der Waals surface area contributed by atoms with E-state index in [0.717, 1.165) is 5.56 Å². The summed E-state index contributed by atoms with van der Waals surface area (Å²) in [6, 6.07) is 7.88. The molecule has 0 radical (unpaired) electrons. The van der Waals surface area contributed by atoms with Crippen LogP contribution in [0, 0.1) is 5.41 Å². The summed E-state index contributed by atoms with van der Waals surface area (Å²) < 4.78 is 7.95. The van der Waals surface area contributed by atoms with E-state index in [1.807, 2.05) is 30.3 Å². The maximum absolute atomic E-state index is 12.0. The Balaban J connectivity index is 2.84. The molecule has 1 aromatic rings. The van der Waals surface area contributed by atoms with Gasteiger partial charge in [0.15, 0.2) is 5.78 Å². The second kappa shape index (κ2) is 4.58. The summed E-state index contributed by atoms with van der Waals surface area (Å²) in [6.45, 7) is 5.36. The summed E-state index contributed by atoms with van der Waals surface area (Å²) in [6.07, 6.45) is 0.254. The van der Waals surface area contributed by atoms with Crippen LogP contribution in [0.15, 0.2) is 30.3 Å². The van der Waals surface area contributed by atoms with Crippen molar-refractivity contribution in [2.75, 3.05) is 0 Å². The molecule has 0 amide bonds. The zero-order valence-corrected chi connectivity index (χ0v) is 9.58. The van der Waals surface area contributed by atoms with E-state index in [1.165, 1.54) is 0 Å². The normalized spacial score (nSPS) is 16.7. The number of Topliss-reactive ketones (excluding diaryl/α,β-unsaturated/α-hetero) is 1. The van der Waals surface area contributed by atoms with Gasteiger partial charge < -0.3 is 5.73 Å². The van der Waals surface area contributed by atoms with E-state index in [1.54, 1.807) is 20.8 Å². The first-order chi connectivity index (χ1) is 7.23. The third kappa shape index (κ3) is 3.48. The minimum Gasteiger partial charge on any atom is -0.321 e. The highest BCUT2D eigenvalue weighted by atomic mass is 16.1. The van der Waals surface area contributed by atoms with Crippen LogP contribution in [0.2, 0.25) is 0 Å². The predicted octanol–water partition coefficient (Wildman–Crippen LogP) is 2.17. The molecule has 0 spiro atoms. The van der Waals surface area contributed by atoms with E-state index >= 15 is 0 Å². The highest BCUT2D eigenvalue weighted by molar-refractivity contribution is 5.88. The molecule has 0 bridgehead atoms. The number of carbonyl (C=O) groups is 1. The molecule has 1 rings (SSSR count). The topological polar surface area (TPSA) is 43.1 Å². The third-order valence-corrected chi connectivity index (χ3v) is 2.21. The molecule has 2 heteroatoms. The van der Waals surface area contributed by atoms with Crippen LogP contribution in [-0.2, 0) is 11.2 Å². The zero-order valence-electron chi connectivity index (χ0n) is 10.6. The van der Waals surface area contributed by atoms with Crippen molar-refractivity contribution >= 4 is 5.78 Å². The van der Waals surface area contributed by atoms with Gasteiger partial charge in [-0.1, -0.05) is 51.1 Å². The molecule has 0 heterocycles. The number of hydrogen-bond acceptors (Lipinski definition) is 2. The summed E-state index contributed by atoms with van der Waals surface area (Å²) >= 11 is 0. The Hall–Kier alpha value is -1.15. The molecule has 82 valence electrons.